The van der Waals surface area contributed by atoms with E-state index >= 15 is 0 Å². The van der Waals surface area contributed by atoms with Gasteiger partial charge in [-0.1, -0.05) is 17.7 Å². The predicted octanol–water partition coefficient (Wildman–Crippen LogP) is 5.23. The molecule has 1 atom stereocenters. The van der Waals surface area contributed by atoms with Gasteiger partial charge < -0.3 is 9.84 Å². The third kappa shape index (κ3) is 3.29. The number of hydrogen-bond acceptors (Lipinski definition) is 2. The second kappa shape index (κ2) is 6.08. The van der Waals surface area contributed by atoms with Crippen molar-refractivity contribution in [2.45, 2.75) is 13.0 Å². The summed E-state index contributed by atoms with van der Waals surface area (Å²) >= 11 is 8.78. The minimum atomic E-state index is -0.779. The summed E-state index contributed by atoms with van der Waals surface area (Å²) in [5, 5.41) is 9.30. The topological polar surface area (TPSA) is 29.5 Å². The van der Waals surface area contributed by atoms with Gasteiger partial charge in [-0.25, -0.2) is 8.78 Å². The zero-order valence-corrected chi connectivity index (χ0v) is 12.7. The normalized spacial score (nSPS) is 12.3. The lowest BCUT2D eigenvalue weighted by molar-refractivity contribution is 0.198. The van der Waals surface area contributed by atoms with Gasteiger partial charge in [-0.05, 0) is 46.6 Å². The van der Waals surface area contributed by atoms with Crippen molar-refractivity contribution in [3.8, 4) is 11.5 Å². The average molecular weight is 364 g/mol. The smallest absolute Gasteiger partial charge is 0.166 e. The Kier molecular flexibility index (Phi) is 4.62. The maximum Gasteiger partial charge on any atom is 0.166 e. The standard InChI is InChI=1S/C14H10BrClF2O2/c1-7(19)8-2-3-13(12(18)4-8)20-14-6-11(17)10(16)5-9(14)15/h2-7,19H,1H3/t7-/m1/s1. The SMILES string of the molecule is C[C@@H](O)c1ccc(Oc2cc(F)c(Cl)cc2Br)c(F)c1. The molecule has 0 heterocycles. The largest absolute Gasteiger partial charge is 0.453 e. The number of hydrogen-bond donors (Lipinski definition) is 1. The summed E-state index contributed by atoms with van der Waals surface area (Å²) in [6.07, 6.45) is -0.779. The summed E-state index contributed by atoms with van der Waals surface area (Å²) in [5.74, 6) is -1.27. The molecule has 0 aliphatic heterocycles. The molecule has 0 aliphatic rings. The molecule has 2 nitrogen and oxygen atoms in total. The number of ether oxygens (including phenoxy) is 1. The molecule has 0 bridgehead atoms. The van der Waals surface area contributed by atoms with Gasteiger partial charge in [0.05, 0.1) is 15.6 Å². The summed E-state index contributed by atoms with van der Waals surface area (Å²) in [7, 11) is 0. The summed E-state index contributed by atoms with van der Waals surface area (Å²) in [6.45, 7) is 1.53. The number of aliphatic hydroxyl groups is 1. The highest BCUT2D eigenvalue weighted by Gasteiger charge is 2.13. The van der Waals surface area contributed by atoms with E-state index < -0.39 is 17.7 Å². The van der Waals surface area contributed by atoms with E-state index in [1.165, 1.54) is 31.2 Å². The fourth-order valence-electron chi connectivity index (χ4n) is 1.56. The van der Waals surface area contributed by atoms with Crippen molar-refractivity contribution >= 4 is 27.5 Å². The third-order valence-corrected chi connectivity index (χ3v) is 3.54. The van der Waals surface area contributed by atoms with Crippen LogP contribution in [0.5, 0.6) is 11.5 Å². The Labute approximate surface area is 128 Å². The zero-order valence-electron chi connectivity index (χ0n) is 10.3. The Morgan fingerprint density at radius 1 is 1.15 bits per heavy atom. The van der Waals surface area contributed by atoms with Crippen molar-refractivity contribution in [2.24, 2.45) is 0 Å². The number of halogens is 4. The Bertz CT molecular complexity index is 647. The Morgan fingerprint density at radius 3 is 2.45 bits per heavy atom. The molecule has 20 heavy (non-hydrogen) atoms. The van der Waals surface area contributed by atoms with E-state index in [1.807, 2.05) is 0 Å². The summed E-state index contributed by atoms with van der Waals surface area (Å²) in [6, 6.07) is 6.46. The third-order valence-electron chi connectivity index (χ3n) is 2.63. The highest BCUT2D eigenvalue weighted by molar-refractivity contribution is 9.10. The monoisotopic (exact) mass is 362 g/mol. The lowest BCUT2D eigenvalue weighted by Gasteiger charge is -2.11. The first-order valence-electron chi connectivity index (χ1n) is 5.68. The van der Waals surface area contributed by atoms with E-state index in [-0.39, 0.29) is 16.5 Å². The van der Waals surface area contributed by atoms with E-state index in [0.717, 1.165) is 6.07 Å². The first kappa shape index (κ1) is 15.2. The zero-order chi connectivity index (χ0) is 14.9. The Morgan fingerprint density at radius 2 is 1.85 bits per heavy atom. The summed E-state index contributed by atoms with van der Waals surface area (Å²) in [4.78, 5) is 0. The fourth-order valence-corrected chi connectivity index (χ4v) is 2.28. The van der Waals surface area contributed by atoms with Crippen LogP contribution in [0.25, 0.3) is 0 Å². The molecule has 0 radical (unpaired) electrons. The van der Waals surface area contributed by atoms with Crippen LogP contribution in [0.4, 0.5) is 8.78 Å². The maximum atomic E-state index is 13.8. The molecule has 0 fully saturated rings. The molecule has 106 valence electrons. The van der Waals surface area contributed by atoms with Gasteiger partial charge in [0, 0.05) is 6.07 Å². The fraction of sp³-hybridized carbons (Fsp3) is 0.143. The second-order valence-corrected chi connectivity index (χ2v) is 5.43. The number of aliphatic hydroxyl groups excluding tert-OH is 1. The minimum absolute atomic E-state index is 0.0610. The van der Waals surface area contributed by atoms with Crippen LogP contribution in [-0.2, 0) is 0 Å². The quantitative estimate of drug-likeness (QED) is 0.757. The van der Waals surface area contributed by atoms with Crippen molar-refractivity contribution in [1.82, 2.24) is 0 Å². The van der Waals surface area contributed by atoms with Crippen LogP contribution >= 0.6 is 27.5 Å². The second-order valence-electron chi connectivity index (χ2n) is 4.16. The molecular weight excluding hydrogens is 354 g/mol. The van der Waals surface area contributed by atoms with E-state index in [1.54, 1.807) is 0 Å². The predicted molar refractivity (Wildman–Crippen MR) is 76.2 cm³/mol. The molecule has 0 saturated carbocycles. The number of rotatable bonds is 3. The maximum absolute atomic E-state index is 13.8. The van der Waals surface area contributed by atoms with E-state index in [2.05, 4.69) is 15.9 Å². The molecule has 2 aromatic rings. The van der Waals surface area contributed by atoms with Crippen molar-refractivity contribution in [3.05, 3.63) is 57.0 Å². The Hall–Kier alpha value is -1.17. The lowest BCUT2D eigenvalue weighted by atomic mass is 10.1. The molecule has 0 saturated heterocycles. The Balaban J connectivity index is 2.33. The van der Waals surface area contributed by atoms with Crippen molar-refractivity contribution in [1.29, 1.82) is 0 Å². The van der Waals surface area contributed by atoms with Crippen LogP contribution in [-0.4, -0.2) is 5.11 Å². The summed E-state index contributed by atoms with van der Waals surface area (Å²) < 4.78 is 32.9. The van der Waals surface area contributed by atoms with Crippen LogP contribution in [0, 0.1) is 11.6 Å². The van der Waals surface area contributed by atoms with Crippen LogP contribution in [0.3, 0.4) is 0 Å². The first-order chi connectivity index (χ1) is 9.38. The highest BCUT2D eigenvalue weighted by Crippen LogP contribution is 2.35. The molecule has 0 unspecified atom stereocenters. The molecule has 6 heteroatoms. The molecule has 0 aliphatic carbocycles. The van der Waals surface area contributed by atoms with Crippen LogP contribution < -0.4 is 4.74 Å². The van der Waals surface area contributed by atoms with Crippen molar-refractivity contribution in [3.63, 3.8) is 0 Å². The molecule has 0 aromatic heterocycles. The van der Waals surface area contributed by atoms with Gasteiger partial charge >= 0.3 is 0 Å². The summed E-state index contributed by atoms with van der Waals surface area (Å²) in [5.41, 5.74) is 0.427. The van der Waals surface area contributed by atoms with Gasteiger partial charge in [0.1, 0.15) is 11.6 Å². The van der Waals surface area contributed by atoms with E-state index in [9.17, 15) is 13.9 Å². The van der Waals surface area contributed by atoms with Gasteiger partial charge in [0.25, 0.3) is 0 Å². The van der Waals surface area contributed by atoms with Crippen molar-refractivity contribution in [2.75, 3.05) is 0 Å². The van der Waals surface area contributed by atoms with Crippen molar-refractivity contribution < 1.29 is 18.6 Å². The van der Waals surface area contributed by atoms with Gasteiger partial charge in [0.2, 0.25) is 0 Å². The van der Waals surface area contributed by atoms with Gasteiger partial charge in [-0.2, -0.15) is 0 Å². The van der Waals surface area contributed by atoms with E-state index in [4.69, 9.17) is 16.3 Å². The average Bonchev–Trinajstić information content (AvgIpc) is 2.37. The molecule has 2 rings (SSSR count). The molecule has 1 N–H and O–H groups in total. The highest BCUT2D eigenvalue weighted by atomic mass is 79.9. The van der Waals surface area contributed by atoms with Crippen LogP contribution in [0.15, 0.2) is 34.8 Å². The number of benzene rings is 2. The van der Waals surface area contributed by atoms with E-state index in [0.29, 0.717) is 10.0 Å². The lowest BCUT2D eigenvalue weighted by Crippen LogP contribution is -1.95. The van der Waals surface area contributed by atoms with Crippen LogP contribution in [0.1, 0.15) is 18.6 Å². The molecule has 0 amide bonds. The first-order valence-corrected chi connectivity index (χ1v) is 6.85. The van der Waals surface area contributed by atoms with Gasteiger partial charge in [0.15, 0.2) is 11.6 Å². The molecular formula is C14H10BrClF2O2. The molecule has 0 spiro atoms. The van der Waals surface area contributed by atoms with Gasteiger partial charge in [-0.15, -0.1) is 0 Å². The minimum Gasteiger partial charge on any atom is -0.453 e. The van der Waals surface area contributed by atoms with Gasteiger partial charge in [-0.3, -0.25) is 0 Å². The molecule has 2 aromatic carbocycles. The van der Waals surface area contributed by atoms with Crippen LogP contribution in [0.2, 0.25) is 5.02 Å².